The summed E-state index contributed by atoms with van der Waals surface area (Å²) < 4.78 is 5.30. The number of aliphatic hydroxyl groups is 1. The molecule has 2 aliphatic rings. The maximum atomic E-state index is 9.60. The van der Waals surface area contributed by atoms with Gasteiger partial charge in [-0.15, -0.1) is 0 Å². The van der Waals surface area contributed by atoms with Crippen LogP contribution in [0.2, 0.25) is 10.0 Å². The molecule has 122 valence electrons. The number of anilines is 1. The lowest BCUT2D eigenvalue weighted by Crippen LogP contribution is -2.59. The molecule has 2 aliphatic heterocycles. The summed E-state index contributed by atoms with van der Waals surface area (Å²) in [5, 5.41) is 11.0. The number of piperazine rings is 1. The van der Waals surface area contributed by atoms with E-state index in [2.05, 4.69) is 16.7 Å². The van der Waals surface area contributed by atoms with Gasteiger partial charge in [-0.3, -0.25) is 4.90 Å². The van der Waals surface area contributed by atoms with Crippen LogP contribution < -0.4 is 4.90 Å². The predicted molar refractivity (Wildman–Crippen MR) is 90.0 cm³/mol. The van der Waals surface area contributed by atoms with E-state index >= 15 is 0 Å². The van der Waals surface area contributed by atoms with Gasteiger partial charge in [0, 0.05) is 37.2 Å². The second-order valence-corrected chi connectivity index (χ2v) is 7.36. The van der Waals surface area contributed by atoms with Crippen LogP contribution in [0.4, 0.5) is 5.69 Å². The summed E-state index contributed by atoms with van der Waals surface area (Å²) in [6.07, 6.45) is 0. The molecule has 4 nitrogen and oxygen atoms in total. The van der Waals surface area contributed by atoms with Gasteiger partial charge in [0.25, 0.3) is 0 Å². The number of aliphatic hydroxyl groups excluding tert-OH is 1. The largest absolute Gasteiger partial charge is 0.396 e. The zero-order valence-corrected chi connectivity index (χ0v) is 14.3. The fourth-order valence-electron chi connectivity index (χ4n) is 3.23. The monoisotopic (exact) mass is 344 g/mol. The van der Waals surface area contributed by atoms with Crippen molar-refractivity contribution in [2.24, 2.45) is 5.41 Å². The third kappa shape index (κ3) is 3.22. The highest BCUT2D eigenvalue weighted by Gasteiger charge is 2.41. The van der Waals surface area contributed by atoms with E-state index in [1.165, 1.54) is 0 Å². The lowest BCUT2D eigenvalue weighted by Gasteiger charge is -2.48. The first kappa shape index (κ1) is 16.3. The van der Waals surface area contributed by atoms with Gasteiger partial charge in [0.2, 0.25) is 0 Å². The topological polar surface area (TPSA) is 35.9 Å². The van der Waals surface area contributed by atoms with Crippen LogP contribution in [0.5, 0.6) is 0 Å². The first-order valence-electron chi connectivity index (χ1n) is 7.66. The minimum Gasteiger partial charge on any atom is -0.396 e. The van der Waals surface area contributed by atoms with Gasteiger partial charge in [0.1, 0.15) is 0 Å². The Labute approximate surface area is 141 Å². The van der Waals surface area contributed by atoms with Crippen LogP contribution >= 0.6 is 23.2 Å². The SMILES string of the molecule is CC1CN(c2cc(Cl)ccc2Cl)CCN1CC1(CO)COC1. The van der Waals surface area contributed by atoms with E-state index in [1.807, 2.05) is 18.2 Å². The summed E-state index contributed by atoms with van der Waals surface area (Å²) in [5.74, 6) is 0. The van der Waals surface area contributed by atoms with Crippen LogP contribution in [0.25, 0.3) is 0 Å². The summed E-state index contributed by atoms with van der Waals surface area (Å²) in [5.41, 5.74) is 0.939. The van der Waals surface area contributed by atoms with Crippen LogP contribution in [-0.2, 0) is 4.74 Å². The van der Waals surface area contributed by atoms with Crippen LogP contribution in [0.1, 0.15) is 6.92 Å². The zero-order chi connectivity index (χ0) is 15.7. The molecule has 0 spiro atoms. The third-order valence-corrected chi connectivity index (χ3v) is 5.26. The average Bonchev–Trinajstić information content (AvgIpc) is 2.47. The molecule has 1 atom stereocenters. The van der Waals surface area contributed by atoms with Gasteiger partial charge in [-0.1, -0.05) is 23.2 Å². The van der Waals surface area contributed by atoms with Gasteiger partial charge < -0.3 is 14.7 Å². The van der Waals surface area contributed by atoms with Gasteiger partial charge in [-0.25, -0.2) is 0 Å². The fourth-order valence-corrected chi connectivity index (χ4v) is 3.63. The molecule has 0 saturated carbocycles. The summed E-state index contributed by atoms with van der Waals surface area (Å²) in [6, 6.07) is 5.99. The lowest BCUT2D eigenvalue weighted by molar-refractivity contribution is -0.151. The minimum atomic E-state index is -0.0653. The molecule has 22 heavy (non-hydrogen) atoms. The van der Waals surface area contributed by atoms with Gasteiger partial charge >= 0.3 is 0 Å². The average molecular weight is 345 g/mol. The molecule has 0 bridgehead atoms. The predicted octanol–water partition coefficient (Wildman–Crippen LogP) is 2.51. The second kappa shape index (κ2) is 6.54. The van der Waals surface area contributed by atoms with Gasteiger partial charge in [0.05, 0.1) is 35.9 Å². The Hall–Kier alpha value is -0.520. The molecule has 2 heterocycles. The van der Waals surface area contributed by atoms with E-state index in [9.17, 15) is 5.11 Å². The number of ether oxygens (including phenoxy) is 1. The molecular formula is C16H22Cl2N2O2. The highest BCUT2D eigenvalue weighted by Crippen LogP contribution is 2.33. The Morgan fingerprint density at radius 2 is 2.09 bits per heavy atom. The maximum absolute atomic E-state index is 9.60. The third-order valence-electron chi connectivity index (χ3n) is 4.70. The van der Waals surface area contributed by atoms with Crippen molar-refractivity contribution < 1.29 is 9.84 Å². The number of hydrogen-bond donors (Lipinski definition) is 1. The molecule has 6 heteroatoms. The number of nitrogens with zero attached hydrogens (tertiary/aromatic N) is 2. The molecule has 2 saturated heterocycles. The Bertz CT molecular complexity index is 531. The zero-order valence-electron chi connectivity index (χ0n) is 12.8. The molecule has 3 rings (SSSR count). The molecule has 1 aromatic carbocycles. The quantitative estimate of drug-likeness (QED) is 0.910. The van der Waals surface area contributed by atoms with E-state index < -0.39 is 0 Å². The highest BCUT2D eigenvalue weighted by molar-refractivity contribution is 6.35. The summed E-state index contributed by atoms with van der Waals surface area (Å²) >= 11 is 12.4. The normalized spacial score (nSPS) is 25.1. The van der Waals surface area contributed by atoms with E-state index in [0.29, 0.717) is 24.3 Å². The highest BCUT2D eigenvalue weighted by atomic mass is 35.5. The molecule has 2 fully saturated rings. The summed E-state index contributed by atoms with van der Waals surface area (Å²) in [4.78, 5) is 4.73. The molecule has 1 N–H and O–H groups in total. The van der Waals surface area contributed by atoms with Crippen LogP contribution in [0.3, 0.4) is 0 Å². The van der Waals surface area contributed by atoms with Crippen molar-refractivity contribution in [1.29, 1.82) is 0 Å². The van der Waals surface area contributed by atoms with Crippen molar-refractivity contribution in [3.63, 3.8) is 0 Å². The van der Waals surface area contributed by atoms with Crippen molar-refractivity contribution in [2.75, 3.05) is 50.9 Å². The summed E-state index contributed by atoms with van der Waals surface area (Å²) in [7, 11) is 0. The number of benzene rings is 1. The fraction of sp³-hybridized carbons (Fsp3) is 0.625. The lowest BCUT2D eigenvalue weighted by atomic mass is 9.85. The molecule has 0 radical (unpaired) electrons. The molecule has 1 unspecified atom stereocenters. The van der Waals surface area contributed by atoms with E-state index in [0.717, 1.165) is 36.9 Å². The standard InChI is InChI=1S/C16H22Cl2N2O2/c1-12-7-19(15-6-13(17)2-3-14(15)18)4-5-20(12)8-16(9-21)10-22-11-16/h2-3,6,12,21H,4-5,7-11H2,1H3. The second-order valence-electron chi connectivity index (χ2n) is 6.51. The van der Waals surface area contributed by atoms with E-state index in [1.54, 1.807) is 0 Å². The Kier molecular flexibility index (Phi) is 4.86. The van der Waals surface area contributed by atoms with Crippen molar-refractivity contribution in [1.82, 2.24) is 4.90 Å². The minimum absolute atomic E-state index is 0.0653. The first-order valence-corrected chi connectivity index (χ1v) is 8.41. The Morgan fingerprint density at radius 1 is 1.32 bits per heavy atom. The summed E-state index contributed by atoms with van der Waals surface area (Å²) in [6.45, 7) is 7.39. The van der Waals surface area contributed by atoms with Gasteiger partial charge in [-0.05, 0) is 25.1 Å². The number of halogens is 2. The molecule has 1 aromatic rings. The molecular weight excluding hydrogens is 323 g/mol. The van der Waals surface area contributed by atoms with Crippen LogP contribution in [-0.4, -0.2) is 62.0 Å². The van der Waals surface area contributed by atoms with Crippen molar-refractivity contribution in [2.45, 2.75) is 13.0 Å². The van der Waals surface area contributed by atoms with Crippen molar-refractivity contribution >= 4 is 28.9 Å². The number of hydrogen-bond acceptors (Lipinski definition) is 4. The van der Waals surface area contributed by atoms with E-state index in [-0.39, 0.29) is 12.0 Å². The smallest absolute Gasteiger partial charge is 0.0640 e. The molecule has 0 amide bonds. The Morgan fingerprint density at radius 3 is 2.68 bits per heavy atom. The van der Waals surface area contributed by atoms with Gasteiger partial charge in [-0.2, -0.15) is 0 Å². The molecule has 0 aromatic heterocycles. The molecule has 0 aliphatic carbocycles. The van der Waals surface area contributed by atoms with E-state index in [4.69, 9.17) is 27.9 Å². The van der Waals surface area contributed by atoms with Gasteiger partial charge in [0.15, 0.2) is 0 Å². The van der Waals surface area contributed by atoms with Crippen LogP contribution in [0, 0.1) is 5.41 Å². The van der Waals surface area contributed by atoms with Crippen molar-refractivity contribution in [3.05, 3.63) is 28.2 Å². The Balaban J connectivity index is 1.66. The first-order chi connectivity index (χ1) is 10.5. The van der Waals surface area contributed by atoms with Crippen LogP contribution in [0.15, 0.2) is 18.2 Å². The number of rotatable bonds is 4. The maximum Gasteiger partial charge on any atom is 0.0640 e. The van der Waals surface area contributed by atoms with Crippen molar-refractivity contribution in [3.8, 4) is 0 Å².